The van der Waals surface area contributed by atoms with Gasteiger partial charge in [-0.2, -0.15) is 0 Å². The first-order chi connectivity index (χ1) is 7.12. The van der Waals surface area contributed by atoms with Gasteiger partial charge in [0.1, 0.15) is 0 Å². The van der Waals surface area contributed by atoms with E-state index < -0.39 is 0 Å². The highest BCUT2D eigenvalue weighted by Crippen LogP contribution is 2.49. The number of nitrogens with two attached hydrogens (primary N) is 1. The Kier molecular flexibility index (Phi) is 1.92. The lowest BCUT2D eigenvalue weighted by Gasteiger charge is -2.30. The number of nitrogens with zero attached hydrogens (tertiary/aromatic N) is 2. The topological polar surface area (TPSA) is 43.8 Å². The zero-order chi connectivity index (χ0) is 10.6. The molecule has 1 saturated carbocycles. The molecule has 3 rings (SSSR count). The maximum absolute atomic E-state index is 6.33. The third-order valence-corrected chi connectivity index (χ3v) is 4.16. The van der Waals surface area contributed by atoms with Crippen molar-refractivity contribution in [3.8, 4) is 0 Å². The van der Waals surface area contributed by atoms with Gasteiger partial charge in [0.25, 0.3) is 0 Å². The molecule has 1 aromatic rings. The van der Waals surface area contributed by atoms with Crippen molar-refractivity contribution in [3.05, 3.63) is 16.7 Å². The van der Waals surface area contributed by atoms with Crippen molar-refractivity contribution in [1.82, 2.24) is 9.55 Å². The van der Waals surface area contributed by atoms with Crippen molar-refractivity contribution in [2.45, 2.75) is 50.6 Å². The molecular weight excluding hydrogens is 210 g/mol. The normalized spacial score (nSPS) is 27.5. The Hall–Kier alpha value is -0.540. The maximum Gasteiger partial charge on any atom is 0.203 e. The Morgan fingerprint density at radius 2 is 2.27 bits per heavy atom. The highest BCUT2D eigenvalue weighted by molar-refractivity contribution is 6.28. The Balaban J connectivity index is 2.09. The van der Waals surface area contributed by atoms with Crippen LogP contribution in [0.3, 0.4) is 0 Å². The molecule has 2 heterocycles. The fourth-order valence-electron chi connectivity index (χ4n) is 2.85. The molecule has 15 heavy (non-hydrogen) atoms. The molecule has 3 nitrogen and oxygen atoms in total. The SMILES string of the molecule is Cc1nc(Cl)n2c1C(C1(N)CC1)CCC2. The van der Waals surface area contributed by atoms with Crippen molar-refractivity contribution in [2.24, 2.45) is 5.73 Å². The third-order valence-electron chi connectivity index (χ3n) is 3.87. The van der Waals surface area contributed by atoms with E-state index in [1.807, 2.05) is 6.92 Å². The molecule has 1 aromatic heterocycles. The summed E-state index contributed by atoms with van der Waals surface area (Å²) in [6.07, 6.45) is 4.67. The number of aryl methyl sites for hydroxylation is 1. The Morgan fingerprint density at radius 3 is 2.93 bits per heavy atom. The van der Waals surface area contributed by atoms with Crippen LogP contribution in [-0.4, -0.2) is 15.1 Å². The van der Waals surface area contributed by atoms with Crippen LogP contribution in [0.2, 0.25) is 5.28 Å². The van der Waals surface area contributed by atoms with Crippen molar-refractivity contribution in [3.63, 3.8) is 0 Å². The molecule has 0 bridgehead atoms. The molecule has 4 heteroatoms. The molecular formula is C11H16ClN3. The summed E-state index contributed by atoms with van der Waals surface area (Å²) in [6.45, 7) is 3.04. The summed E-state index contributed by atoms with van der Waals surface area (Å²) in [6, 6.07) is 0. The average molecular weight is 226 g/mol. The molecule has 0 saturated heterocycles. The van der Waals surface area contributed by atoms with Gasteiger partial charge in [-0.3, -0.25) is 0 Å². The lowest BCUT2D eigenvalue weighted by molar-refractivity contribution is 0.388. The van der Waals surface area contributed by atoms with E-state index in [0.29, 0.717) is 11.2 Å². The Morgan fingerprint density at radius 1 is 1.53 bits per heavy atom. The Bertz CT molecular complexity index is 406. The molecule has 82 valence electrons. The fraction of sp³-hybridized carbons (Fsp3) is 0.727. The minimum Gasteiger partial charge on any atom is -0.324 e. The van der Waals surface area contributed by atoms with Crippen LogP contribution < -0.4 is 5.73 Å². The molecule has 0 spiro atoms. The fourth-order valence-corrected chi connectivity index (χ4v) is 3.15. The van der Waals surface area contributed by atoms with Crippen LogP contribution in [0.4, 0.5) is 0 Å². The van der Waals surface area contributed by atoms with Gasteiger partial charge in [0.2, 0.25) is 5.28 Å². The van der Waals surface area contributed by atoms with Crippen molar-refractivity contribution in [1.29, 1.82) is 0 Å². The van der Waals surface area contributed by atoms with Gasteiger partial charge in [0.15, 0.2) is 0 Å². The largest absolute Gasteiger partial charge is 0.324 e. The standard InChI is InChI=1S/C11H16ClN3/c1-7-9-8(11(13)4-5-11)3-2-6-15(9)10(12)14-7/h8H,2-6,13H2,1H3. The summed E-state index contributed by atoms with van der Waals surface area (Å²) >= 11 is 6.11. The third kappa shape index (κ3) is 1.33. The summed E-state index contributed by atoms with van der Waals surface area (Å²) in [5.74, 6) is 0.478. The highest BCUT2D eigenvalue weighted by Gasteiger charge is 2.48. The van der Waals surface area contributed by atoms with Crippen molar-refractivity contribution in [2.75, 3.05) is 0 Å². The van der Waals surface area contributed by atoms with Gasteiger partial charge < -0.3 is 10.3 Å². The van der Waals surface area contributed by atoms with Crippen LogP contribution in [0, 0.1) is 6.92 Å². The number of hydrogen-bond acceptors (Lipinski definition) is 2. The quantitative estimate of drug-likeness (QED) is 0.797. The van der Waals surface area contributed by atoms with Crippen molar-refractivity contribution >= 4 is 11.6 Å². The van der Waals surface area contributed by atoms with Gasteiger partial charge in [-0.15, -0.1) is 0 Å². The summed E-state index contributed by atoms with van der Waals surface area (Å²) in [5.41, 5.74) is 8.75. The molecule has 1 unspecified atom stereocenters. The van der Waals surface area contributed by atoms with Gasteiger partial charge in [-0.1, -0.05) is 0 Å². The van der Waals surface area contributed by atoms with Gasteiger partial charge in [0, 0.05) is 23.7 Å². The average Bonchev–Trinajstić information content (AvgIpc) is 2.89. The van der Waals surface area contributed by atoms with Gasteiger partial charge in [-0.05, 0) is 44.2 Å². The number of rotatable bonds is 1. The van der Waals surface area contributed by atoms with E-state index in [9.17, 15) is 0 Å². The molecule has 1 atom stereocenters. The molecule has 1 aliphatic carbocycles. The van der Waals surface area contributed by atoms with Crippen LogP contribution in [0.5, 0.6) is 0 Å². The van der Waals surface area contributed by atoms with Gasteiger partial charge in [0.05, 0.1) is 5.69 Å². The van der Waals surface area contributed by atoms with Crippen LogP contribution in [0.25, 0.3) is 0 Å². The zero-order valence-corrected chi connectivity index (χ0v) is 9.72. The van der Waals surface area contributed by atoms with Crippen LogP contribution >= 0.6 is 11.6 Å². The minimum absolute atomic E-state index is 0.0479. The number of aromatic nitrogens is 2. The Labute approximate surface area is 94.6 Å². The molecule has 0 radical (unpaired) electrons. The summed E-state index contributed by atoms with van der Waals surface area (Å²) in [5, 5.41) is 0.636. The molecule has 2 aliphatic rings. The summed E-state index contributed by atoms with van der Waals surface area (Å²) in [4.78, 5) is 4.36. The lowest BCUT2D eigenvalue weighted by atomic mass is 9.86. The summed E-state index contributed by atoms with van der Waals surface area (Å²) in [7, 11) is 0. The van der Waals surface area contributed by atoms with Crippen LogP contribution in [0.15, 0.2) is 0 Å². The number of imidazole rings is 1. The second-order valence-corrected chi connectivity index (χ2v) is 5.27. The van der Waals surface area contributed by atoms with E-state index in [1.165, 1.54) is 18.5 Å². The lowest BCUT2D eigenvalue weighted by Crippen LogP contribution is -2.34. The van der Waals surface area contributed by atoms with Gasteiger partial charge >= 0.3 is 0 Å². The predicted octanol–water partition coefficient (Wildman–Crippen LogP) is 2.21. The molecule has 2 N–H and O–H groups in total. The van der Waals surface area contributed by atoms with Gasteiger partial charge in [-0.25, -0.2) is 4.98 Å². The maximum atomic E-state index is 6.33. The van der Waals surface area contributed by atoms with E-state index in [4.69, 9.17) is 17.3 Å². The molecule has 0 aromatic carbocycles. The van der Waals surface area contributed by atoms with E-state index in [2.05, 4.69) is 9.55 Å². The first-order valence-electron chi connectivity index (χ1n) is 5.63. The van der Waals surface area contributed by atoms with Crippen LogP contribution in [0.1, 0.15) is 43.0 Å². The first-order valence-corrected chi connectivity index (χ1v) is 6.01. The molecule has 0 amide bonds. The van der Waals surface area contributed by atoms with Crippen LogP contribution in [-0.2, 0) is 6.54 Å². The van der Waals surface area contributed by atoms with E-state index >= 15 is 0 Å². The smallest absolute Gasteiger partial charge is 0.203 e. The van der Waals surface area contributed by atoms with E-state index in [0.717, 1.165) is 25.1 Å². The summed E-state index contributed by atoms with van der Waals surface area (Å²) < 4.78 is 2.15. The van der Waals surface area contributed by atoms with Crippen molar-refractivity contribution < 1.29 is 0 Å². The number of halogens is 1. The van der Waals surface area contributed by atoms with E-state index in [-0.39, 0.29) is 5.54 Å². The predicted molar refractivity (Wildman–Crippen MR) is 60.1 cm³/mol. The van der Waals surface area contributed by atoms with E-state index in [1.54, 1.807) is 0 Å². The zero-order valence-electron chi connectivity index (χ0n) is 8.96. The first kappa shape index (κ1) is 9.67. The second-order valence-electron chi connectivity index (χ2n) is 4.93. The molecule has 1 aliphatic heterocycles. The second kappa shape index (κ2) is 2.98. The number of fused-ring (bicyclic) bond motifs is 1. The number of hydrogen-bond donors (Lipinski definition) is 1. The monoisotopic (exact) mass is 225 g/mol. The molecule has 1 fully saturated rings. The highest BCUT2D eigenvalue weighted by atomic mass is 35.5. The minimum atomic E-state index is 0.0479.